The van der Waals surface area contributed by atoms with Crippen LogP contribution in [0.4, 0.5) is 14.9 Å². The Hall–Kier alpha value is -3.38. The van der Waals surface area contributed by atoms with Crippen LogP contribution in [-0.4, -0.2) is 80.2 Å². The molecule has 0 aromatic heterocycles. The van der Waals surface area contributed by atoms with Crippen molar-refractivity contribution >= 4 is 27.6 Å². The molecule has 208 valence electrons. The number of rotatable bonds is 8. The van der Waals surface area contributed by atoms with Gasteiger partial charge in [0.25, 0.3) is 15.9 Å². The van der Waals surface area contributed by atoms with E-state index in [0.29, 0.717) is 0 Å². The molecule has 0 radical (unpaired) electrons. The number of carbonyl (C=O) groups is 2. The SMILES string of the molecule is CC(C)NC(=O)N(C)C[C@@H]1Oc2ccc(NS(=O)(=O)c3ccc(F)cc3)cc2C(=O)N([C@@H](C)CO)C[C@@H]1C. The Morgan fingerprint density at radius 1 is 1.21 bits per heavy atom. The largest absolute Gasteiger partial charge is 0.487 e. The first kappa shape index (κ1) is 29.2. The summed E-state index contributed by atoms with van der Waals surface area (Å²) in [6.07, 6.45) is -0.500. The van der Waals surface area contributed by atoms with Crippen molar-refractivity contribution in [3.05, 3.63) is 53.8 Å². The molecule has 0 spiro atoms. The Kier molecular flexibility index (Phi) is 9.21. The maximum atomic E-state index is 13.6. The number of aliphatic hydroxyl groups is 1. The second kappa shape index (κ2) is 12.0. The first-order valence-electron chi connectivity index (χ1n) is 12.3. The number of fused-ring (bicyclic) bond motifs is 1. The minimum absolute atomic E-state index is 0.0445. The van der Waals surface area contributed by atoms with Crippen molar-refractivity contribution < 1.29 is 32.2 Å². The molecule has 0 aliphatic carbocycles. The van der Waals surface area contributed by atoms with Crippen LogP contribution in [0.5, 0.6) is 5.75 Å². The summed E-state index contributed by atoms with van der Waals surface area (Å²) < 4.78 is 47.6. The fraction of sp³-hybridized carbons (Fsp3) is 0.462. The number of carbonyl (C=O) groups excluding carboxylic acids is 2. The zero-order valence-corrected chi connectivity index (χ0v) is 23.0. The summed E-state index contributed by atoms with van der Waals surface area (Å²) in [5, 5.41) is 12.6. The molecule has 38 heavy (non-hydrogen) atoms. The Balaban J connectivity index is 1.96. The minimum atomic E-state index is -4.05. The normalized spacial score (nSPS) is 18.6. The molecule has 3 atom stereocenters. The van der Waals surface area contributed by atoms with Gasteiger partial charge in [-0.2, -0.15) is 0 Å². The van der Waals surface area contributed by atoms with Gasteiger partial charge in [-0.25, -0.2) is 17.6 Å². The monoisotopic (exact) mass is 550 g/mol. The van der Waals surface area contributed by atoms with Gasteiger partial charge in [0.05, 0.1) is 29.7 Å². The molecule has 0 saturated heterocycles. The van der Waals surface area contributed by atoms with Crippen LogP contribution in [0.1, 0.15) is 38.1 Å². The highest BCUT2D eigenvalue weighted by Gasteiger charge is 2.34. The zero-order valence-electron chi connectivity index (χ0n) is 22.1. The highest BCUT2D eigenvalue weighted by Crippen LogP contribution is 2.31. The molecule has 3 rings (SSSR count). The Morgan fingerprint density at radius 2 is 1.87 bits per heavy atom. The Bertz CT molecular complexity index is 1250. The number of anilines is 1. The molecule has 0 saturated carbocycles. The number of nitrogens with one attached hydrogen (secondary N) is 2. The van der Waals surface area contributed by atoms with E-state index in [0.717, 1.165) is 24.3 Å². The van der Waals surface area contributed by atoms with E-state index < -0.39 is 33.9 Å². The summed E-state index contributed by atoms with van der Waals surface area (Å²) in [6.45, 7) is 7.54. The zero-order chi connectivity index (χ0) is 28.2. The van der Waals surface area contributed by atoms with E-state index >= 15 is 0 Å². The van der Waals surface area contributed by atoms with Gasteiger partial charge < -0.3 is 25.0 Å². The van der Waals surface area contributed by atoms with Crippen LogP contribution in [-0.2, 0) is 10.0 Å². The molecule has 2 aromatic carbocycles. The van der Waals surface area contributed by atoms with Crippen LogP contribution >= 0.6 is 0 Å². The van der Waals surface area contributed by atoms with Gasteiger partial charge >= 0.3 is 6.03 Å². The van der Waals surface area contributed by atoms with Crippen molar-refractivity contribution in [3.63, 3.8) is 0 Å². The number of urea groups is 1. The van der Waals surface area contributed by atoms with Crippen molar-refractivity contribution in [2.45, 2.75) is 50.8 Å². The van der Waals surface area contributed by atoms with Gasteiger partial charge in [0.15, 0.2) is 0 Å². The third kappa shape index (κ3) is 6.93. The van der Waals surface area contributed by atoms with Crippen LogP contribution in [0.15, 0.2) is 47.4 Å². The fourth-order valence-electron chi connectivity index (χ4n) is 4.04. The summed E-state index contributed by atoms with van der Waals surface area (Å²) in [4.78, 5) is 28.9. The summed E-state index contributed by atoms with van der Waals surface area (Å²) in [6, 6.07) is 7.88. The van der Waals surface area contributed by atoms with Crippen molar-refractivity contribution in [3.8, 4) is 5.75 Å². The number of sulfonamides is 1. The average Bonchev–Trinajstić information content (AvgIpc) is 2.85. The number of halogens is 1. The predicted molar refractivity (Wildman–Crippen MR) is 141 cm³/mol. The third-order valence-corrected chi connectivity index (χ3v) is 7.65. The van der Waals surface area contributed by atoms with Crippen molar-refractivity contribution in [2.24, 2.45) is 5.92 Å². The maximum absolute atomic E-state index is 13.6. The van der Waals surface area contributed by atoms with Gasteiger partial charge in [0.1, 0.15) is 17.7 Å². The van der Waals surface area contributed by atoms with Crippen LogP contribution in [0.3, 0.4) is 0 Å². The van der Waals surface area contributed by atoms with E-state index in [2.05, 4.69) is 10.0 Å². The van der Waals surface area contributed by atoms with Crippen molar-refractivity contribution in [2.75, 3.05) is 31.5 Å². The summed E-state index contributed by atoms with van der Waals surface area (Å²) in [7, 11) is -2.40. The van der Waals surface area contributed by atoms with Gasteiger partial charge in [-0.05, 0) is 63.2 Å². The molecule has 1 aliphatic heterocycles. The summed E-state index contributed by atoms with van der Waals surface area (Å²) in [5.41, 5.74) is 0.219. The van der Waals surface area contributed by atoms with Gasteiger partial charge in [-0.1, -0.05) is 6.92 Å². The molecular weight excluding hydrogens is 515 g/mol. The number of aliphatic hydroxyl groups excluding tert-OH is 1. The molecule has 0 bridgehead atoms. The topological polar surface area (TPSA) is 128 Å². The average molecular weight is 551 g/mol. The van der Waals surface area contributed by atoms with E-state index in [1.165, 1.54) is 28.0 Å². The molecule has 1 heterocycles. The molecular formula is C26H35FN4O6S. The molecule has 3 amide bonds. The van der Waals surface area contributed by atoms with Gasteiger partial charge in [0.2, 0.25) is 0 Å². The fourth-order valence-corrected chi connectivity index (χ4v) is 5.09. The molecule has 1 aliphatic rings. The van der Waals surface area contributed by atoms with Crippen LogP contribution in [0.2, 0.25) is 0 Å². The molecule has 0 fully saturated rings. The number of ether oxygens (including phenoxy) is 1. The number of nitrogens with zero attached hydrogens (tertiary/aromatic N) is 2. The van der Waals surface area contributed by atoms with Crippen LogP contribution < -0.4 is 14.8 Å². The van der Waals surface area contributed by atoms with Crippen molar-refractivity contribution in [1.29, 1.82) is 0 Å². The third-order valence-electron chi connectivity index (χ3n) is 6.25. The van der Waals surface area contributed by atoms with Gasteiger partial charge in [-0.3, -0.25) is 9.52 Å². The number of hydrogen-bond donors (Lipinski definition) is 3. The molecule has 0 unspecified atom stereocenters. The number of likely N-dealkylation sites (N-methyl/N-ethyl adjacent to an activating group) is 1. The standard InChI is InChI=1S/C26H35FN4O6S/c1-16(2)28-26(34)30(5)14-24-17(3)13-31(18(4)15-32)25(33)22-12-20(8-11-23(22)37-24)29-38(35,36)21-9-6-19(27)7-10-21/h6-12,16-18,24,29,32H,13-15H2,1-5H3,(H,28,34)/t17-,18-,24-/m0/s1. The maximum Gasteiger partial charge on any atom is 0.317 e. The number of amides is 3. The van der Waals surface area contributed by atoms with Crippen LogP contribution in [0, 0.1) is 11.7 Å². The number of benzene rings is 2. The first-order chi connectivity index (χ1) is 17.8. The second-order valence-corrected chi connectivity index (χ2v) is 11.6. The Labute approximate surface area is 222 Å². The highest BCUT2D eigenvalue weighted by molar-refractivity contribution is 7.92. The van der Waals surface area contributed by atoms with E-state index in [4.69, 9.17) is 4.74 Å². The van der Waals surface area contributed by atoms with E-state index in [9.17, 15) is 27.5 Å². The molecule has 12 heteroatoms. The van der Waals surface area contributed by atoms with Gasteiger partial charge in [0, 0.05) is 31.2 Å². The van der Waals surface area contributed by atoms with Gasteiger partial charge in [-0.15, -0.1) is 0 Å². The highest BCUT2D eigenvalue weighted by atomic mass is 32.2. The lowest BCUT2D eigenvalue weighted by Gasteiger charge is -2.38. The smallest absolute Gasteiger partial charge is 0.317 e. The summed E-state index contributed by atoms with van der Waals surface area (Å²) >= 11 is 0. The summed E-state index contributed by atoms with van der Waals surface area (Å²) in [5.74, 6) is -0.973. The Morgan fingerprint density at radius 3 is 2.47 bits per heavy atom. The second-order valence-electron chi connectivity index (χ2n) is 9.88. The first-order valence-corrected chi connectivity index (χ1v) is 13.8. The molecule has 10 nitrogen and oxygen atoms in total. The van der Waals surface area contributed by atoms with E-state index in [1.807, 2.05) is 20.8 Å². The number of hydrogen-bond acceptors (Lipinski definition) is 6. The van der Waals surface area contributed by atoms with E-state index in [1.54, 1.807) is 14.0 Å². The van der Waals surface area contributed by atoms with Crippen LogP contribution in [0.25, 0.3) is 0 Å². The minimum Gasteiger partial charge on any atom is -0.487 e. The lowest BCUT2D eigenvalue weighted by molar-refractivity contribution is 0.0366. The molecule has 2 aromatic rings. The lowest BCUT2D eigenvalue weighted by Crippen LogP contribution is -2.51. The molecule has 3 N–H and O–H groups in total. The quantitative estimate of drug-likeness (QED) is 0.464. The van der Waals surface area contributed by atoms with E-state index in [-0.39, 0.29) is 59.6 Å². The van der Waals surface area contributed by atoms with Crippen molar-refractivity contribution in [1.82, 2.24) is 15.1 Å². The lowest BCUT2D eigenvalue weighted by atomic mass is 9.99. The predicted octanol–water partition coefficient (Wildman–Crippen LogP) is 2.90.